The van der Waals surface area contributed by atoms with Crippen LogP contribution in [0.15, 0.2) is 29.8 Å². The van der Waals surface area contributed by atoms with Crippen LogP contribution in [0.3, 0.4) is 0 Å². The summed E-state index contributed by atoms with van der Waals surface area (Å²) in [7, 11) is 0. The van der Waals surface area contributed by atoms with Gasteiger partial charge >= 0.3 is 0 Å². The minimum atomic E-state index is -0.177. The lowest BCUT2D eigenvalue weighted by molar-refractivity contribution is -0.121. The number of nitrogens with one attached hydrogen (secondary N) is 1. The molecule has 2 aromatic rings. The molecule has 1 unspecified atom stereocenters. The summed E-state index contributed by atoms with van der Waals surface area (Å²) in [4.78, 5) is 12.0. The molecule has 0 saturated carbocycles. The van der Waals surface area contributed by atoms with Crippen LogP contribution in [-0.4, -0.2) is 22.7 Å². The van der Waals surface area contributed by atoms with Crippen molar-refractivity contribution < 1.29 is 9.53 Å². The first kappa shape index (κ1) is 11.2. The molecule has 1 aromatic heterocycles. The van der Waals surface area contributed by atoms with E-state index in [0.717, 1.165) is 11.3 Å². The van der Waals surface area contributed by atoms with E-state index in [1.165, 1.54) is 11.3 Å². The number of fused-ring (bicyclic) bond motifs is 1. The minimum absolute atomic E-state index is 0.0683. The molecule has 1 amide bonds. The zero-order chi connectivity index (χ0) is 12.4. The van der Waals surface area contributed by atoms with Gasteiger partial charge in [-0.1, -0.05) is 29.5 Å². The van der Waals surface area contributed by atoms with Crippen LogP contribution in [0, 0.1) is 5.92 Å². The molecule has 92 valence electrons. The molecule has 3 rings (SSSR count). The smallest absolute Gasteiger partial charge is 0.233 e. The molecule has 1 N–H and O–H groups in total. The largest absolute Gasteiger partial charge is 0.492 e. The third-order valence-corrected chi connectivity index (χ3v) is 3.45. The van der Waals surface area contributed by atoms with Crippen molar-refractivity contribution in [1.82, 2.24) is 10.2 Å². The maximum absolute atomic E-state index is 12.0. The standard InChI is InChI=1S/C12H11N3O2S/c16-11(14-12-15-13-7-18-12)9-5-8-3-1-2-4-10(8)17-6-9/h1-4,7,9H,5-6H2,(H,14,15,16). The highest BCUT2D eigenvalue weighted by atomic mass is 32.1. The van der Waals surface area contributed by atoms with E-state index in [2.05, 4.69) is 15.5 Å². The van der Waals surface area contributed by atoms with Gasteiger partial charge in [0.25, 0.3) is 0 Å². The average Bonchev–Trinajstić information content (AvgIpc) is 2.91. The molecule has 0 spiro atoms. The molecule has 1 aliphatic rings. The lowest BCUT2D eigenvalue weighted by Crippen LogP contribution is -2.32. The predicted molar refractivity (Wildman–Crippen MR) is 67.7 cm³/mol. The quantitative estimate of drug-likeness (QED) is 0.894. The monoisotopic (exact) mass is 261 g/mol. The van der Waals surface area contributed by atoms with Crippen LogP contribution >= 0.6 is 11.3 Å². The minimum Gasteiger partial charge on any atom is -0.492 e. The number of hydrogen-bond donors (Lipinski definition) is 1. The van der Waals surface area contributed by atoms with E-state index in [1.807, 2.05) is 24.3 Å². The van der Waals surface area contributed by atoms with Crippen LogP contribution in [0.1, 0.15) is 5.56 Å². The Kier molecular flexibility index (Phi) is 2.93. The molecule has 6 heteroatoms. The second kappa shape index (κ2) is 4.73. The van der Waals surface area contributed by atoms with Crippen molar-refractivity contribution in [2.45, 2.75) is 6.42 Å². The fourth-order valence-corrected chi connectivity index (χ4v) is 2.38. The highest BCUT2D eigenvalue weighted by Crippen LogP contribution is 2.27. The van der Waals surface area contributed by atoms with Gasteiger partial charge in [0.1, 0.15) is 17.9 Å². The van der Waals surface area contributed by atoms with E-state index in [9.17, 15) is 4.79 Å². The molecular weight excluding hydrogens is 250 g/mol. The van der Waals surface area contributed by atoms with E-state index in [0.29, 0.717) is 18.2 Å². The van der Waals surface area contributed by atoms with Gasteiger partial charge in [0.05, 0.1) is 5.92 Å². The summed E-state index contributed by atoms with van der Waals surface area (Å²) >= 11 is 1.31. The van der Waals surface area contributed by atoms with Crippen LogP contribution in [0.4, 0.5) is 5.13 Å². The first-order chi connectivity index (χ1) is 8.83. The molecule has 1 aliphatic heterocycles. The van der Waals surface area contributed by atoms with Gasteiger partial charge in [-0.3, -0.25) is 4.79 Å². The number of anilines is 1. The Labute approximate surface area is 108 Å². The molecule has 0 aliphatic carbocycles. The third kappa shape index (κ3) is 2.19. The van der Waals surface area contributed by atoms with Crippen molar-refractivity contribution >= 4 is 22.4 Å². The van der Waals surface area contributed by atoms with Gasteiger partial charge in [-0.15, -0.1) is 10.2 Å². The zero-order valence-corrected chi connectivity index (χ0v) is 10.3. The summed E-state index contributed by atoms with van der Waals surface area (Å²) in [6, 6.07) is 7.79. The Morgan fingerprint density at radius 3 is 3.17 bits per heavy atom. The van der Waals surface area contributed by atoms with Gasteiger partial charge in [-0.2, -0.15) is 0 Å². The van der Waals surface area contributed by atoms with Gasteiger partial charge in [-0.05, 0) is 18.1 Å². The fraction of sp³-hybridized carbons (Fsp3) is 0.250. The van der Waals surface area contributed by atoms with Crippen LogP contribution in [0.25, 0.3) is 0 Å². The highest BCUT2D eigenvalue weighted by molar-refractivity contribution is 7.13. The van der Waals surface area contributed by atoms with E-state index < -0.39 is 0 Å². The van der Waals surface area contributed by atoms with E-state index in [-0.39, 0.29) is 11.8 Å². The summed E-state index contributed by atoms with van der Waals surface area (Å²) in [5.41, 5.74) is 2.66. The number of rotatable bonds is 2. The normalized spacial score (nSPS) is 17.7. The fourth-order valence-electron chi connectivity index (χ4n) is 1.93. The van der Waals surface area contributed by atoms with Crippen LogP contribution in [0.2, 0.25) is 0 Å². The molecule has 1 aromatic carbocycles. The molecule has 0 fully saturated rings. The summed E-state index contributed by atoms with van der Waals surface area (Å²) in [6.45, 7) is 0.404. The molecule has 0 radical (unpaired) electrons. The first-order valence-corrected chi connectivity index (χ1v) is 6.48. The van der Waals surface area contributed by atoms with E-state index in [1.54, 1.807) is 5.51 Å². The van der Waals surface area contributed by atoms with Crippen molar-refractivity contribution in [3.63, 3.8) is 0 Å². The number of benzene rings is 1. The number of aromatic nitrogens is 2. The summed E-state index contributed by atoms with van der Waals surface area (Å²) in [5, 5.41) is 10.7. The van der Waals surface area contributed by atoms with Crippen molar-refractivity contribution in [3.05, 3.63) is 35.3 Å². The van der Waals surface area contributed by atoms with E-state index in [4.69, 9.17) is 4.74 Å². The van der Waals surface area contributed by atoms with Gasteiger partial charge < -0.3 is 10.1 Å². The molecular formula is C12H11N3O2S. The predicted octanol–water partition coefficient (Wildman–Crippen LogP) is 1.73. The molecule has 5 nitrogen and oxygen atoms in total. The SMILES string of the molecule is O=C(Nc1nncs1)C1COc2ccccc2C1. The number of hydrogen-bond acceptors (Lipinski definition) is 5. The van der Waals surface area contributed by atoms with Crippen molar-refractivity contribution in [2.24, 2.45) is 5.92 Å². The number of ether oxygens (including phenoxy) is 1. The first-order valence-electron chi connectivity index (χ1n) is 5.60. The maximum atomic E-state index is 12.0. The number of carbonyl (C=O) groups is 1. The third-order valence-electron chi connectivity index (χ3n) is 2.84. The van der Waals surface area contributed by atoms with Gasteiger partial charge in [0.2, 0.25) is 11.0 Å². The number of para-hydroxylation sites is 1. The highest BCUT2D eigenvalue weighted by Gasteiger charge is 2.26. The molecule has 0 saturated heterocycles. The number of nitrogens with zero attached hydrogens (tertiary/aromatic N) is 2. The molecule has 1 atom stereocenters. The van der Waals surface area contributed by atoms with Crippen molar-refractivity contribution in [3.8, 4) is 5.75 Å². The zero-order valence-electron chi connectivity index (χ0n) is 9.50. The van der Waals surface area contributed by atoms with Crippen LogP contribution < -0.4 is 10.1 Å². The van der Waals surface area contributed by atoms with Crippen molar-refractivity contribution in [2.75, 3.05) is 11.9 Å². The molecule has 0 bridgehead atoms. The summed E-state index contributed by atoms with van der Waals surface area (Å²) in [5.74, 6) is 0.627. The second-order valence-corrected chi connectivity index (χ2v) is 4.89. The van der Waals surface area contributed by atoms with E-state index >= 15 is 0 Å². The van der Waals surface area contributed by atoms with Gasteiger partial charge in [0, 0.05) is 0 Å². The Morgan fingerprint density at radius 1 is 1.44 bits per heavy atom. The Balaban J connectivity index is 1.70. The lowest BCUT2D eigenvalue weighted by Gasteiger charge is -2.23. The molecule has 18 heavy (non-hydrogen) atoms. The topological polar surface area (TPSA) is 64.1 Å². The summed E-state index contributed by atoms with van der Waals surface area (Å²) in [6.07, 6.45) is 0.695. The van der Waals surface area contributed by atoms with Crippen molar-refractivity contribution in [1.29, 1.82) is 0 Å². The molecule has 2 heterocycles. The second-order valence-electron chi connectivity index (χ2n) is 4.05. The number of amides is 1. The maximum Gasteiger partial charge on any atom is 0.233 e. The van der Waals surface area contributed by atoms with Gasteiger partial charge in [-0.25, -0.2) is 0 Å². The average molecular weight is 261 g/mol. The lowest BCUT2D eigenvalue weighted by atomic mass is 9.96. The van der Waals surface area contributed by atoms with Gasteiger partial charge in [0.15, 0.2) is 0 Å². The number of carbonyl (C=O) groups excluding carboxylic acids is 1. The Morgan fingerprint density at radius 2 is 2.33 bits per heavy atom. The summed E-state index contributed by atoms with van der Waals surface area (Å²) < 4.78 is 5.58. The van der Waals surface area contributed by atoms with Crippen LogP contribution in [0.5, 0.6) is 5.75 Å². The Bertz CT molecular complexity index is 556. The Hall–Kier alpha value is -1.95. The van der Waals surface area contributed by atoms with Crippen LogP contribution in [-0.2, 0) is 11.2 Å².